The average molecular weight is 244 g/mol. The lowest BCUT2D eigenvalue weighted by atomic mass is 10.1. The number of benzene rings is 1. The third kappa shape index (κ3) is 1.90. The first-order chi connectivity index (χ1) is 8.24. The van der Waals surface area contributed by atoms with Gasteiger partial charge in [0.15, 0.2) is 0 Å². The Morgan fingerprint density at radius 3 is 2.94 bits per heavy atom. The molecule has 1 aliphatic heterocycles. The lowest BCUT2D eigenvalue weighted by molar-refractivity contribution is 0.602. The molecule has 4 heteroatoms. The summed E-state index contributed by atoms with van der Waals surface area (Å²) in [6.45, 7) is 1.96. The molecule has 1 atom stereocenters. The minimum atomic E-state index is -0.192. The molecule has 1 aromatic heterocycles. The van der Waals surface area contributed by atoms with Crippen molar-refractivity contribution in [3.8, 4) is 0 Å². The van der Waals surface area contributed by atoms with Crippen LogP contribution in [0.1, 0.15) is 12.7 Å². The average Bonchev–Trinajstić information content (AvgIpc) is 2.72. The van der Waals surface area contributed by atoms with E-state index in [9.17, 15) is 0 Å². The molecular weight excluding hydrogens is 232 g/mol. The molecule has 0 amide bonds. The Hall–Kier alpha value is -1.52. The number of para-hydroxylation sites is 1. The number of fused-ring (bicyclic) bond motifs is 1. The zero-order chi connectivity index (χ0) is 11.8. The predicted molar refractivity (Wildman–Crippen MR) is 72.9 cm³/mol. The van der Waals surface area contributed by atoms with Gasteiger partial charge in [-0.3, -0.25) is 4.99 Å². The van der Waals surface area contributed by atoms with Crippen molar-refractivity contribution in [1.29, 1.82) is 0 Å². The van der Waals surface area contributed by atoms with E-state index in [-0.39, 0.29) is 5.50 Å². The van der Waals surface area contributed by atoms with Gasteiger partial charge in [-0.1, -0.05) is 30.0 Å². The summed E-state index contributed by atoms with van der Waals surface area (Å²) in [7, 11) is 0. The molecule has 2 aromatic rings. The number of furan rings is 1. The number of rotatable bonds is 1. The van der Waals surface area contributed by atoms with Crippen LogP contribution in [0.25, 0.3) is 16.5 Å². The molecule has 0 saturated carbocycles. The molecule has 86 valence electrons. The van der Waals surface area contributed by atoms with Crippen molar-refractivity contribution in [2.75, 3.05) is 0 Å². The maximum absolute atomic E-state index is 5.81. The van der Waals surface area contributed by atoms with Crippen LogP contribution in [-0.2, 0) is 0 Å². The van der Waals surface area contributed by atoms with Gasteiger partial charge in [-0.15, -0.1) is 0 Å². The number of nitrogens with two attached hydrogens (primary N) is 1. The van der Waals surface area contributed by atoms with Crippen molar-refractivity contribution in [1.82, 2.24) is 0 Å². The van der Waals surface area contributed by atoms with Gasteiger partial charge in [-0.2, -0.15) is 0 Å². The third-order valence-corrected chi connectivity index (χ3v) is 3.48. The number of hydrogen-bond donors (Lipinski definition) is 1. The summed E-state index contributed by atoms with van der Waals surface area (Å²) in [5, 5.41) is 3.13. The van der Waals surface area contributed by atoms with Gasteiger partial charge in [0.05, 0.1) is 0 Å². The van der Waals surface area contributed by atoms with Crippen LogP contribution < -0.4 is 5.73 Å². The molecular formula is C13H12N2OS. The van der Waals surface area contributed by atoms with Crippen molar-refractivity contribution in [2.45, 2.75) is 12.4 Å². The largest absolute Gasteiger partial charge is 0.456 e. The first-order valence-electron chi connectivity index (χ1n) is 5.39. The normalized spacial score (nSPS) is 20.2. The highest BCUT2D eigenvalue weighted by atomic mass is 32.2. The summed E-state index contributed by atoms with van der Waals surface area (Å²) in [6, 6.07) is 10.0. The minimum absolute atomic E-state index is 0.192. The molecule has 3 rings (SSSR count). The molecule has 2 heterocycles. The summed E-state index contributed by atoms with van der Waals surface area (Å²) < 4.78 is 5.81. The molecule has 0 aliphatic carbocycles. The van der Waals surface area contributed by atoms with Gasteiger partial charge in [0.25, 0.3) is 0 Å². The molecule has 1 unspecified atom stereocenters. The summed E-state index contributed by atoms with van der Waals surface area (Å²) in [5.74, 6) is 0.854. The van der Waals surface area contributed by atoms with E-state index < -0.39 is 0 Å². The van der Waals surface area contributed by atoms with E-state index in [0.29, 0.717) is 0 Å². The van der Waals surface area contributed by atoms with E-state index in [0.717, 1.165) is 28.0 Å². The van der Waals surface area contributed by atoms with E-state index in [4.69, 9.17) is 10.2 Å². The lowest BCUT2D eigenvalue weighted by Gasteiger charge is -2.13. The van der Waals surface area contributed by atoms with Crippen LogP contribution in [0.3, 0.4) is 0 Å². The lowest BCUT2D eigenvalue weighted by Crippen LogP contribution is -2.17. The van der Waals surface area contributed by atoms with E-state index in [1.165, 1.54) is 11.8 Å². The standard InChI is InChI=1S/C13H12N2OS/c1-8-10(7-17-13(14)15-8)12-6-9-4-2-3-5-11(9)16-12/h2-7,13H,14H2,1H3. The second kappa shape index (κ2) is 4.05. The third-order valence-electron chi connectivity index (χ3n) is 2.73. The van der Waals surface area contributed by atoms with Crippen molar-refractivity contribution >= 4 is 34.0 Å². The van der Waals surface area contributed by atoms with Crippen LogP contribution >= 0.6 is 11.8 Å². The first kappa shape index (κ1) is 10.6. The van der Waals surface area contributed by atoms with Gasteiger partial charge in [0.2, 0.25) is 0 Å². The zero-order valence-electron chi connectivity index (χ0n) is 9.38. The van der Waals surface area contributed by atoms with E-state index >= 15 is 0 Å². The summed E-state index contributed by atoms with van der Waals surface area (Å²) in [5.41, 5.74) is 8.40. The van der Waals surface area contributed by atoms with Crippen LogP contribution in [0.5, 0.6) is 0 Å². The maximum Gasteiger partial charge on any atom is 0.148 e. The number of nitrogens with zero attached hydrogens (tertiary/aromatic N) is 1. The second-order valence-electron chi connectivity index (χ2n) is 3.92. The molecule has 17 heavy (non-hydrogen) atoms. The van der Waals surface area contributed by atoms with Gasteiger partial charge < -0.3 is 10.2 Å². The monoisotopic (exact) mass is 244 g/mol. The Kier molecular flexibility index (Phi) is 2.53. The Morgan fingerprint density at radius 1 is 1.35 bits per heavy atom. The Morgan fingerprint density at radius 2 is 2.18 bits per heavy atom. The number of hydrogen-bond acceptors (Lipinski definition) is 4. The molecule has 1 aliphatic rings. The Bertz CT molecular complexity index is 594. The molecule has 0 spiro atoms. The Balaban J connectivity index is 2.07. The smallest absolute Gasteiger partial charge is 0.148 e. The van der Waals surface area contributed by atoms with Crippen LogP contribution in [0.15, 0.2) is 45.1 Å². The SMILES string of the molecule is CC1=NC(N)SC=C1c1cc2ccccc2o1. The van der Waals surface area contributed by atoms with E-state index in [2.05, 4.69) is 4.99 Å². The minimum Gasteiger partial charge on any atom is -0.456 e. The zero-order valence-corrected chi connectivity index (χ0v) is 10.2. The number of allylic oxidation sites excluding steroid dienone is 1. The Labute approximate surface area is 103 Å². The maximum atomic E-state index is 5.81. The van der Waals surface area contributed by atoms with Crippen LogP contribution in [-0.4, -0.2) is 11.2 Å². The second-order valence-corrected chi connectivity index (χ2v) is 4.91. The highest BCUT2D eigenvalue weighted by molar-refractivity contribution is 8.02. The van der Waals surface area contributed by atoms with Crippen molar-refractivity contribution in [2.24, 2.45) is 10.7 Å². The van der Waals surface area contributed by atoms with E-state index in [1.807, 2.05) is 42.7 Å². The van der Waals surface area contributed by atoms with Gasteiger partial charge in [-0.25, -0.2) is 0 Å². The number of thioether (sulfide) groups is 1. The predicted octanol–water partition coefficient (Wildman–Crippen LogP) is 3.22. The summed E-state index contributed by atoms with van der Waals surface area (Å²) in [6.07, 6.45) is 0. The fourth-order valence-electron chi connectivity index (χ4n) is 1.86. The van der Waals surface area contributed by atoms with Crippen LogP contribution in [0.4, 0.5) is 0 Å². The fourth-order valence-corrected chi connectivity index (χ4v) is 2.65. The quantitative estimate of drug-likeness (QED) is 0.838. The van der Waals surface area contributed by atoms with Crippen LogP contribution in [0.2, 0.25) is 0 Å². The van der Waals surface area contributed by atoms with Crippen molar-refractivity contribution < 1.29 is 4.42 Å². The summed E-state index contributed by atoms with van der Waals surface area (Å²) >= 11 is 1.50. The molecule has 0 saturated heterocycles. The topological polar surface area (TPSA) is 51.5 Å². The molecule has 0 radical (unpaired) electrons. The van der Waals surface area contributed by atoms with E-state index in [1.54, 1.807) is 0 Å². The number of aliphatic imine (C=N–C) groups is 1. The highest BCUT2D eigenvalue weighted by Gasteiger charge is 2.16. The van der Waals surface area contributed by atoms with Crippen molar-refractivity contribution in [3.05, 3.63) is 41.5 Å². The van der Waals surface area contributed by atoms with Gasteiger partial charge in [0.1, 0.15) is 16.8 Å². The first-order valence-corrected chi connectivity index (χ1v) is 6.33. The molecule has 2 N–H and O–H groups in total. The molecule has 0 bridgehead atoms. The fraction of sp³-hybridized carbons (Fsp3) is 0.154. The molecule has 0 fully saturated rings. The highest BCUT2D eigenvalue weighted by Crippen LogP contribution is 2.30. The van der Waals surface area contributed by atoms with Gasteiger partial charge in [0, 0.05) is 16.7 Å². The van der Waals surface area contributed by atoms with Gasteiger partial charge >= 0.3 is 0 Å². The van der Waals surface area contributed by atoms with Gasteiger partial charge in [-0.05, 0) is 24.5 Å². The van der Waals surface area contributed by atoms with Crippen LogP contribution in [0, 0.1) is 0 Å². The summed E-state index contributed by atoms with van der Waals surface area (Å²) in [4.78, 5) is 4.34. The van der Waals surface area contributed by atoms with Crippen molar-refractivity contribution in [3.63, 3.8) is 0 Å². The molecule has 1 aromatic carbocycles. The molecule has 3 nitrogen and oxygen atoms in total.